The van der Waals surface area contributed by atoms with Crippen molar-refractivity contribution in [1.29, 1.82) is 0 Å². The molecule has 0 aromatic heterocycles. The fourth-order valence-electron chi connectivity index (χ4n) is 2.29. The maximum atomic E-state index is 11.9. The van der Waals surface area contributed by atoms with Gasteiger partial charge in [0.15, 0.2) is 11.5 Å². The van der Waals surface area contributed by atoms with Gasteiger partial charge >= 0.3 is 11.9 Å². The van der Waals surface area contributed by atoms with E-state index < -0.39 is 18.0 Å². The number of carbonyl (C=O) groups excluding carboxylic acids is 4. The number of carbonyl (C=O) groups is 5. The van der Waals surface area contributed by atoms with Crippen molar-refractivity contribution in [2.45, 2.75) is 58.9 Å². The van der Waals surface area contributed by atoms with Crippen molar-refractivity contribution in [2.75, 3.05) is 20.7 Å². The monoisotopic (exact) mass is 485 g/mol. The van der Waals surface area contributed by atoms with E-state index in [4.69, 9.17) is 29.9 Å². The summed E-state index contributed by atoms with van der Waals surface area (Å²) >= 11 is 0. The van der Waals surface area contributed by atoms with E-state index in [2.05, 4.69) is 11.1 Å². The van der Waals surface area contributed by atoms with Gasteiger partial charge in [0.2, 0.25) is 5.91 Å². The van der Waals surface area contributed by atoms with Crippen molar-refractivity contribution in [1.82, 2.24) is 5.32 Å². The van der Waals surface area contributed by atoms with E-state index in [-0.39, 0.29) is 5.91 Å². The summed E-state index contributed by atoms with van der Waals surface area (Å²) < 4.78 is 10.2. The highest BCUT2D eigenvalue weighted by Gasteiger charge is 2.11. The molecule has 0 aliphatic rings. The fraction of sp³-hybridized carbons (Fsp3) is 0.522. The number of unbranched alkanes of at least 4 members (excludes halogenated alkanes) is 1. The predicted molar refractivity (Wildman–Crippen MR) is 129 cm³/mol. The van der Waals surface area contributed by atoms with E-state index in [1.165, 1.54) is 34.9 Å². The molecule has 11 nitrogen and oxygen atoms in total. The number of hydrogen-bond acceptors (Lipinski definition) is 9. The summed E-state index contributed by atoms with van der Waals surface area (Å²) in [4.78, 5) is 51.1. The lowest BCUT2D eigenvalue weighted by Gasteiger charge is -2.10. The minimum atomic E-state index is -1.01. The molecule has 1 rings (SSSR count). The van der Waals surface area contributed by atoms with Crippen molar-refractivity contribution in [2.24, 2.45) is 11.5 Å². The third-order valence-corrected chi connectivity index (χ3v) is 3.70. The van der Waals surface area contributed by atoms with Gasteiger partial charge in [0.1, 0.15) is 18.6 Å². The Balaban J connectivity index is -0.00000106. The number of aryl methyl sites for hydroxylation is 1. The second kappa shape index (κ2) is 24.3. The van der Waals surface area contributed by atoms with E-state index in [0.717, 1.165) is 18.1 Å². The molecule has 0 saturated heterocycles. The summed E-state index contributed by atoms with van der Waals surface area (Å²) in [5.74, 6) is -0.750. The van der Waals surface area contributed by atoms with Crippen LogP contribution >= 0.6 is 0 Å². The lowest BCUT2D eigenvalue weighted by atomic mass is 10.1. The average Bonchev–Trinajstić information content (AvgIpc) is 2.80. The van der Waals surface area contributed by atoms with Gasteiger partial charge in [-0.2, -0.15) is 0 Å². The molecule has 6 N–H and O–H groups in total. The number of hydrogen-bond donors (Lipinski definition) is 4. The number of aldehydes is 2. The largest absolute Gasteiger partial charge is 0.493 e. The summed E-state index contributed by atoms with van der Waals surface area (Å²) in [6, 6.07) is 4.30. The summed E-state index contributed by atoms with van der Waals surface area (Å²) in [7, 11) is 2.98. The fourth-order valence-corrected chi connectivity index (χ4v) is 2.29. The SMILES string of the molecule is CC=O.CC=O.CN.COc1cc(CCC(=O)NCCCCC(N)C(=O)O)ccc1OC(C)=O. The Bertz CT molecular complexity index is 720. The number of rotatable bonds is 11. The first-order valence-corrected chi connectivity index (χ1v) is 10.6. The summed E-state index contributed by atoms with van der Waals surface area (Å²) in [5, 5.41) is 11.5. The van der Waals surface area contributed by atoms with Crippen LogP contribution in [0, 0.1) is 0 Å². The predicted octanol–water partition coefficient (Wildman–Crippen LogP) is 1.24. The molecule has 0 bridgehead atoms. The van der Waals surface area contributed by atoms with Crippen LogP contribution in [0.25, 0.3) is 0 Å². The van der Waals surface area contributed by atoms with Crippen LogP contribution in [0.2, 0.25) is 0 Å². The van der Waals surface area contributed by atoms with Gasteiger partial charge < -0.3 is 41.0 Å². The van der Waals surface area contributed by atoms with E-state index in [1.807, 2.05) is 0 Å². The molecule has 1 aromatic rings. The topological polar surface area (TPSA) is 188 Å². The molecule has 1 atom stereocenters. The van der Waals surface area contributed by atoms with Crippen molar-refractivity contribution in [3.05, 3.63) is 23.8 Å². The standard InChI is InChI=1S/C18H26N2O6.2C2H4O.CH5N/c1-12(21)26-15-8-6-13(11-16(15)25-2)7-9-17(22)20-10-4-3-5-14(19)18(23)24;2*1-2-3;1-2/h6,8,11,14H,3-5,7,9-10,19H2,1-2H3,(H,20,22)(H,23,24);2*2H,1H3;2H2,1H3. The molecule has 0 fully saturated rings. The van der Waals surface area contributed by atoms with E-state index in [1.54, 1.807) is 18.2 Å². The Kier molecular flexibility index (Phi) is 25.3. The number of carboxylic acid groups (broad SMARTS) is 1. The van der Waals surface area contributed by atoms with Crippen molar-refractivity contribution in [3.63, 3.8) is 0 Å². The minimum Gasteiger partial charge on any atom is -0.493 e. The first-order chi connectivity index (χ1) is 16.2. The molecule has 1 aromatic carbocycles. The Morgan fingerprint density at radius 1 is 1.09 bits per heavy atom. The molecule has 0 radical (unpaired) electrons. The van der Waals surface area contributed by atoms with Gasteiger partial charge in [-0.05, 0) is 64.3 Å². The zero-order valence-corrected chi connectivity index (χ0v) is 20.7. The van der Waals surface area contributed by atoms with Crippen LogP contribution in [0.1, 0.15) is 52.0 Å². The van der Waals surface area contributed by atoms with Crippen LogP contribution in [0.4, 0.5) is 0 Å². The first kappa shape index (κ1) is 35.3. The van der Waals surface area contributed by atoms with Crippen molar-refractivity contribution >= 4 is 30.4 Å². The van der Waals surface area contributed by atoms with Crippen molar-refractivity contribution in [3.8, 4) is 11.5 Å². The highest BCUT2D eigenvalue weighted by Crippen LogP contribution is 2.28. The molecule has 1 amide bonds. The van der Waals surface area contributed by atoms with Crippen LogP contribution < -0.4 is 26.3 Å². The number of nitrogens with two attached hydrogens (primary N) is 2. The Labute approximate surface area is 201 Å². The average molecular weight is 486 g/mol. The van der Waals surface area contributed by atoms with Gasteiger partial charge in [0.05, 0.1) is 7.11 Å². The normalized spacial score (nSPS) is 9.74. The number of nitrogens with one attached hydrogen (secondary N) is 1. The zero-order valence-electron chi connectivity index (χ0n) is 20.7. The molecule has 194 valence electrons. The Morgan fingerprint density at radius 2 is 1.65 bits per heavy atom. The number of methoxy groups -OCH3 is 1. The van der Waals surface area contributed by atoms with Gasteiger partial charge in [-0.3, -0.25) is 14.4 Å². The smallest absolute Gasteiger partial charge is 0.320 e. The number of amides is 1. The van der Waals surface area contributed by atoms with E-state index >= 15 is 0 Å². The van der Waals surface area contributed by atoms with Gasteiger partial charge in [-0.15, -0.1) is 0 Å². The third kappa shape index (κ3) is 20.6. The number of benzene rings is 1. The van der Waals surface area contributed by atoms with E-state index in [9.17, 15) is 14.4 Å². The van der Waals surface area contributed by atoms with Gasteiger partial charge in [0.25, 0.3) is 0 Å². The number of carboxylic acids is 1. The summed E-state index contributed by atoms with van der Waals surface area (Å²) in [6.45, 7) is 4.69. The van der Waals surface area contributed by atoms with Crippen molar-refractivity contribution < 1.29 is 38.6 Å². The molecule has 11 heteroatoms. The molecule has 0 spiro atoms. The molecule has 0 heterocycles. The Hall–Kier alpha value is -3.31. The maximum Gasteiger partial charge on any atom is 0.320 e. The zero-order chi connectivity index (χ0) is 26.9. The minimum absolute atomic E-state index is 0.0874. The number of ether oxygens (including phenoxy) is 2. The Morgan fingerprint density at radius 3 is 2.12 bits per heavy atom. The summed E-state index contributed by atoms with van der Waals surface area (Å²) in [5.41, 5.74) is 10.8. The second-order valence-electron chi connectivity index (χ2n) is 6.34. The quantitative estimate of drug-likeness (QED) is 0.154. The van der Waals surface area contributed by atoms with Gasteiger partial charge in [0, 0.05) is 19.9 Å². The van der Waals surface area contributed by atoms with Crippen LogP contribution in [0.5, 0.6) is 11.5 Å². The second-order valence-corrected chi connectivity index (χ2v) is 6.34. The number of aliphatic carboxylic acids is 1. The van der Waals surface area contributed by atoms with Crippen LogP contribution in [0.3, 0.4) is 0 Å². The lowest BCUT2D eigenvalue weighted by molar-refractivity contribution is -0.138. The first-order valence-electron chi connectivity index (χ1n) is 10.6. The highest BCUT2D eigenvalue weighted by molar-refractivity contribution is 5.76. The molecular formula is C23H39N3O8. The third-order valence-electron chi connectivity index (χ3n) is 3.70. The molecule has 0 aliphatic carbocycles. The molecule has 0 aliphatic heterocycles. The highest BCUT2D eigenvalue weighted by atomic mass is 16.6. The molecule has 0 saturated carbocycles. The van der Waals surface area contributed by atoms with Gasteiger partial charge in [-0.1, -0.05) is 6.07 Å². The molecule has 34 heavy (non-hydrogen) atoms. The molecular weight excluding hydrogens is 446 g/mol. The maximum absolute atomic E-state index is 11.9. The summed E-state index contributed by atoms with van der Waals surface area (Å²) in [6.07, 6.45) is 4.04. The van der Waals surface area contributed by atoms with Gasteiger partial charge in [-0.25, -0.2) is 0 Å². The lowest BCUT2D eigenvalue weighted by Crippen LogP contribution is -2.30. The van der Waals surface area contributed by atoms with Crippen LogP contribution in [-0.4, -0.2) is 62.3 Å². The van der Waals surface area contributed by atoms with Crippen LogP contribution in [0.15, 0.2) is 18.2 Å². The van der Waals surface area contributed by atoms with E-state index in [0.29, 0.717) is 50.1 Å². The van der Waals surface area contributed by atoms with Crippen LogP contribution in [-0.2, 0) is 30.4 Å². The number of esters is 1. The molecule has 1 unspecified atom stereocenters.